The first kappa shape index (κ1) is 27.5. The van der Waals surface area contributed by atoms with Gasteiger partial charge in [-0.1, -0.05) is 48.5 Å². The normalized spacial score (nSPS) is 17.5. The van der Waals surface area contributed by atoms with E-state index in [0.717, 1.165) is 59.4 Å². The number of hydrogen-bond donors (Lipinski definition) is 0. The van der Waals surface area contributed by atoms with Gasteiger partial charge in [-0.2, -0.15) is 0 Å². The largest absolute Gasteiger partial charge is 0.493 e. The highest BCUT2D eigenvalue weighted by molar-refractivity contribution is 9.10. The Morgan fingerprint density at radius 1 is 0.878 bits per heavy atom. The van der Waals surface area contributed by atoms with E-state index in [9.17, 15) is 14.0 Å². The van der Waals surface area contributed by atoms with Gasteiger partial charge in [0.05, 0.1) is 11.6 Å². The maximum atomic E-state index is 14.2. The van der Waals surface area contributed by atoms with Crippen molar-refractivity contribution < 1.29 is 23.5 Å². The molecule has 3 aliphatic rings. The van der Waals surface area contributed by atoms with Crippen LogP contribution in [0.5, 0.6) is 11.5 Å². The maximum absolute atomic E-state index is 14.2. The van der Waals surface area contributed by atoms with E-state index < -0.39 is 5.92 Å². The number of nitrogens with zero attached hydrogens (tertiary/aromatic N) is 1. The van der Waals surface area contributed by atoms with Crippen molar-refractivity contribution in [3.8, 4) is 11.5 Å². The predicted octanol–water partition coefficient (Wildman–Crippen LogP) is 7.79. The second-order valence-corrected chi connectivity index (χ2v) is 11.5. The summed E-state index contributed by atoms with van der Waals surface area (Å²) in [4.78, 5) is 29.6. The lowest BCUT2D eigenvalue weighted by atomic mass is 9.71. The molecule has 0 radical (unpaired) electrons. The SMILES string of the molecule is COc1cc(C2C3=C(CCCC3=O)N(Cc3ccccc3)C3=C2C(=O)CCC3)cc(Br)c1OCc1ccccc1F. The van der Waals surface area contributed by atoms with Crippen molar-refractivity contribution in [3.05, 3.63) is 116 Å². The molecule has 41 heavy (non-hydrogen) atoms. The number of allylic oxidation sites excluding steroid dienone is 4. The van der Waals surface area contributed by atoms with Crippen LogP contribution in [0.25, 0.3) is 0 Å². The summed E-state index contributed by atoms with van der Waals surface area (Å²) < 4.78 is 26.6. The van der Waals surface area contributed by atoms with Crippen molar-refractivity contribution in [1.29, 1.82) is 0 Å². The Labute approximate surface area is 247 Å². The second kappa shape index (κ2) is 11.6. The van der Waals surface area contributed by atoms with Crippen LogP contribution in [0.2, 0.25) is 0 Å². The van der Waals surface area contributed by atoms with Crippen LogP contribution in [0, 0.1) is 5.82 Å². The zero-order chi connectivity index (χ0) is 28.5. The zero-order valence-corrected chi connectivity index (χ0v) is 24.5. The molecule has 3 aromatic rings. The van der Waals surface area contributed by atoms with Crippen LogP contribution < -0.4 is 9.47 Å². The van der Waals surface area contributed by atoms with Crippen molar-refractivity contribution in [3.63, 3.8) is 0 Å². The van der Waals surface area contributed by atoms with E-state index in [-0.39, 0.29) is 24.0 Å². The Morgan fingerprint density at radius 2 is 1.51 bits per heavy atom. The van der Waals surface area contributed by atoms with Crippen molar-refractivity contribution >= 4 is 27.5 Å². The van der Waals surface area contributed by atoms with Gasteiger partial charge in [-0.15, -0.1) is 0 Å². The monoisotopic (exact) mass is 615 g/mol. The minimum Gasteiger partial charge on any atom is -0.493 e. The van der Waals surface area contributed by atoms with E-state index in [2.05, 4.69) is 33.0 Å². The molecule has 1 heterocycles. The minimum atomic E-state index is -0.474. The Balaban J connectivity index is 1.45. The number of Topliss-reactive ketones (excluding diaryl/α,β-unsaturated/α-hetero) is 2. The zero-order valence-electron chi connectivity index (χ0n) is 22.9. The van der Waals surface area contributed by atoms with Crippen LogP contribution in [-0.4, -0.2) is 23.6 Å². The summed E-state index contributed by atoms with van der Waals surface area (Å²) in [5.41, 5.74) is 5.86. The van der Waals surface area contributed by atoms with Crippen LogP contribution in [0.3, 0.4) is 0 Å². The standard InChI is InChI=1S/C34H31BrFNO4/c1-40-30-18-23(17-24(35)34(30)41-20-22-11-5-6-12-25(22)36)31-32-26(13-7-15-28(32)38)37(19-21-9-3-2-4-10-21)27-14-8-16-29(39)33(27)31/h2-6,9-12,17-18,31H,7-8,13-16,19-20H2,1H3. The predicted molar refractivity (Wildman–Crippen MR) is 158 cm³/mol. The van der Waals surface area contributed by atoms with E-state index in [0.29, 0.717) is 40.9 Å². The third kappa shape index (κ3) is 5.23. The van der Waals surface area contributed by atoms with Crippen LogP contribution in [0.4, 0.5) is 4.39 Å². The quantitative estimate of drug-likeness (QED) is 0.271. The van der Waals surface area contributed by atoms with E-state index in [1.807, 2.05) is 30.3 Å². The highest BCUT2D eigenvalue weighted by Gasteiger charge is 2.43. The number of ether oxygens (including phenoxy) is 2. The van der Waals surface area contributed by atoms with Gasteiger partial charge in [0.1, 0.15) is 12.4 Å². The summed E-state index contributed by atoms with van der Waals surface area (Å²) >= 11 is 3.65. The minimum absolute atomic E-state index is 0.0282. The summed E-state index contributed by atoms with van der Waals surface area (Å²) in [5, 5.41) is 0. The first-order chi connectivity index (χ1) is 20.0. The van der Waals surface area contributed by atoms with E-state index in [4.69, 9.17) is 9.47 Å². The summed E-state index contributed by atoms with van der Waals surface area (Å²) in [6, 6.07) is 20.5. The molecule has 0 spiro atoms. The topological polar surface area (TPSA) is 55.8 Å². The van der Waals surface area contributed by atoms with Crippen LogP contribution in [0.15, 0.2) is 93.7 Å². The second-order valence-electron chi connectivity index (χ2n) is 10.7. The molecule has 0 bridgehead atoms. The molecule has 1 aliphatic heterocycles. The number of carbonyl (C=O) groups is 2. The lowest BCUT2D eigenvalue weighted by molar-refractivity contribution is -0.117. The van der Waals surface area contributed by atoms with Gasteiger partial charge in [-0.3, -0.25) is 9.59 Å². The van der Waals surface area contributed by atoms with Gasteiger partial charge in [0, 0.05) is 53.4 Å². The molecule has 6 rings (SSSR count). The van der Waals surface area contributed by atoms with E-state index in [1.165, 1.54) is 6.07 Å². The highest BCUT2D eigenvalue weighted by atomic mass is 79.9. The molecule has 0 unspecified atom stereocenters. The fourth-order valence-corrected chi connectivity index (χ4v) is 6.89. The molecule has 0 saturated heterocycles. The third-order valence-electron chi connectivity index (χ3n) is 8.18. The Bertz CT molecular complexity index is 1530. The molecule has 7 heteroatoms. The number of rotatable bonds is 7. The molecular weight excluding hydrogens is 585 g/mol. The molecule has 2 aliphatic carbocycles. The summed E-state index contributed by atoms with van der Waals surface area (Å²) in [7, 11) is 1.55. The first-order valence-electron chi connectivity index (χ1n) is 14.0. The third-order valence-corrected chi connectivity index (χ3v) is 8.77. The fraction of sp³-hybridized carbons (Fsp3) is 0.294. The number of halogens is 2. The Kier molecular flexibility index (Phi) is 7.80. The molecule has 0 N–H and O–H groups in total. The highest BCUT2D eigenvalue weighted by Crippen LogP contribution is 2.51. The molecule has 0 amide bonds. The number of hydrogen-bond acceptors (Lipinski definition) is 5. The van der Waals surface area contributed by atoms with Gasteiger partial charge in [-0.25, -0.2) is 4.39 Å². The van der Waals surface area contributed by atoms with Crippen LogP contribution >= 0.6 is 15.9 Å². The van der Waals surface area contributed by atoms with Crippen molar-refractivity contribution in [1.82, 2.24) is 4.90 Å². The van der Waals surface area contributed by atoms with Gasteiger partial charge in [0.25, 0.3) is 0 Å². The molecule has 210 valence electrons. The number of benzene rings is 3. The number of ketones is 2. The summed E-state index contributed by atoms with van der Waals surface area (Å²) in [6.45, 7) is 0.655. The van der Waals surface area contributed by atoms with Crippen molar-refractivity contribution in [2.75, 3.05) is 7.11 Å². The lowest BCUT2D eigenvalue weighted by Crippen LogP contribution is -2.38. The summed E-state index contributed by atoms with van der Waals surface area (Å²) in [6.07, 6.45) is 4.10. The summed E-state index contributed by atoms with van der Waals surface area (Å²) in [5.74, 6) is 0.261. The lowest BCUT2D eigenvalue weighted by Gasteiger charge is -2.44. The van der Waals surface area contributed by atoms with E-state index >= 15 is 0 Å². The molecule has 0 aromatic heterocycles. The van der Waals surface area contributed by atoms with Crippen LogP contribution in [-0.2, 0) is 22.7 Å². The van der Waals surface area contributed by atoms with Gasteiger partial charge >= 0.3 is 0 Å². The van der Waals surface area contributed by atoms with Crippen molar-refractivity contribution in [2.24, 2.45) is 0 Å². The Morgan fingerprint density at radius 3 is 2.15 bits per heavy atom. The van der Waals surface area contributed by atoms with Crippen molar-refractivity contribution in [2.45, 2.75) is 57.6 Å². The average molecular weight is 617 g/mol. The number of carbonyl (C=O) groups excluding carboxylic acids is 2. The fourth-order valence-electron chi connectivity index (χ4n) is 6.32. The molecule has 0 atom stereocenters. The average Bonchev–Trinajstić information content (AvgIpc) is 2.98. The molecule has 5 nitrogen and oxygen atoms in total. The maximum Gasteiger partial charge on any atom is 0.175 e. The smallest absolute Gasteiger partial charge is 0.175 e. The van der Waals surface area contributed by atoms with Gasteiger partial charge in [0.2, 0.25) is 0 Å². The molecule has 0 fully saturated rings. The Hall–Kier alpha value is -3.71. The number of methoxy groups -OCH3 is 1. The van der Waals surface area contributed by atoms with Crippen LogP contribution in [0.1, 0.15) is 61.1 Å². The molecule has 3 aromatic carbocycles. The van der Waals surface area contributed by atoms with E-state index in [1.54, 1.807) is 25.3 Å². The van der Waals surface area contributed by atoms with Gasteiger partial charge < -0.3 is 14.4 Å². The molecular formula is C34H31BrFNO4. The first-order valence-corrected chi connectivity index (χ1v) is 14.8. The van der Waals surface area contributed by atoms with Gasteiger partial charge in [-0.05, 0) is 70.9 Å². The van der Waals surface area contributed by atoms with Gasteiger partial charge in [0.15, 0.2) is 23.1 Å². The molecule has 0 saturated carbocycles.